The van der Waals surface area contributed by atoms with Gasteiger partial charge in [-0.15, -0.1) is 5.10 Å². The van der Waals surface area contributed by atoms with E-state index in [2.05, 4.69) is 15.6 Å². The van der Waals surface area contributed by atoms with Gasteiger partial charge in [0, 0.05) is 13.7 Å². The number of hydrogen-bond donors (Lipinski definition) is 1. The number of ether oxygens (including phenoxy) is 1. The number of sulfonamides is 1. The Kier molecular flexibility index (Phi) is 6.35. The molecular weight excluding hydrogens is 422 g/mol. The molecule has 31 heavy (non-hydrogen) atoms. The number of hydrogen-bond acceptors (Lipinski definition) is 7. The Morgan fingerprint density at radius 1 is 1.32 bits per heavy atom. The minimum Gasteiger partial charge on any atom is -0.467 e. The molecule has 1 amide bonds. The number of fused-ring (bicyclic) bond motifs is 1. The topological polar surface area (TPSA) is 120 Å². The van der Waals surface area contributed by atoms with Gasteiger partial charge in [0.1, 0.15) is 17.3 Å². The first kappa shape index (κ1) is 21.5. The van der Waals surface area contributed by atoms with Crippen LogP contribution in [0.2, 0.25) is 0 Å². The molecule has 10 nitrogen and oxygen atoms in total. The van der Waals surface area contributed by atoms with E-state index in [4.69, 9.17) is 9.15 Å². The highest BCUT2D eigenvalue weighted by Gasteiger charge is 2.37. The Bertz CT molecular complexity index is 1140. The lowest BCUT2D eigenvalue weighted by molar-refractivity contribution is -0.125. The number of furan rings is 1. The largest absolute Gasteiger partial charge is 0.467 e. The highest BCUT2D eigenvalue weighted by molar-refractivity contribution is 7.89. The first-order valence-corrected chi connectivity index (χ1v) is 11.6. The first-order chi connectivity index (χ1) is 15.0. The van der Waals surface area contributed by atoms with Crippen LogP contribution in [0.3, 0.4) is 0 Å². The zero-order chi connectivity index (χ0) is 21.8. The zero-order valence-corrected chi connectivity index (χ0v) is 18.0. The number of aromatic nitrogens is 3. The molecular formula is C20H25N5O5S. The molecule has 4 rings (SSSR count). The minimum absolute atomic E-state index is 0.101. The van der Waals surface area contributed by atoms with Crippen LogP contribution in [-0.2, 0) is 32.6 Å². The summed E-state index contributed by atoms with van der Waals surface area (Å²) in [6.45, 7) is 1.50. The van der Waals surface area contributed by atoms with Crippen molar-refractivity contribution in [1.82, 2.24) is 24.6 Å². The van der Waals surface area contributed by atoms with E-state index in [9.17, 15) is 13.2 Å². The van der Waals surface area contributed by atoms with Crippen molar-refractivity contribution in [2.45, 2.75) is 43.3 Å². The molecule has 1 aromatic carbocycles. The summed E-state index contributed by atoms with van der Waals surface area (Å²) < 4.78 is 40.1. The molecule has 3 heterocycles. The van der Waals surface area contributed by atoms with Crippen molar-refractivity contribution in [3.8, 4) is 0 Å². The van der Waals surface area contributed by atoms with Crippen molar-refractivity contribution in [2.75, 3.05) is 20.3 Å². The quantitative estimate of drug-likeness (QED) is 0.556. The van der Waals surface area contributed by atoms with Gasteiger partial charge < -0.3 is 14.5 Å². The Hall–Kier alpha value is -2.76. The molecule has 1 aliphatic rings. The molecule has 0 saturated carbocycles. The molecule has 0 bridgehead atoms. The second kappa shape index (κ2) is 9.16. The van der Waals surface area contributed by atoms with Gasteiger partial charge in [-0.25, -0.2) is 13.1 Å². The van der Waals surface area contributed by atoms with Crippen LogP contribution in [0.15, 0.2) is 45.9 Å². The standard InChI is InChI=1S/C20H25N5O5S/c1-29-12-10-24-18-8-7-16(13-17(18)22-23-24)31(27,28)25-9-3-2-6-19(25)20(26)21-14-15-5-4-11-30-15/h4-5,7-8,11,13,19H,2-3,6,9-10,12,14H2,1H3,(H,21,26)/t19-/m0/s1. The second-order valence-corrected chi connectivity index (χ2v) is 9.27. The molecule has 1 N–H and O–H groups in total. The van der Waals surface area contributed by atoms with E-state index < -0.39 is 16.1 Å². The maximum atomic E-state index is 13.4. The Labute approximate surface area is 180 Å². The molecule has 1 aliphatic heterocycles. The van der Waals surface area contributed by atoms with Gasteiger partial charge in [-0.05, 0) is 43.2 Å². The van der Waals surface area contributed by atoms with Crippen LogP contribution in [0.4, 0.5) is 0 Å². The number of nitrogens with one attached hydrogen (secondary N) is 1. The molecule has 2 aromatic heterocycles. The maximum Gasteiger partial charge on any atom is 0.243 e. The fourth-order valence-electron chi connectivity index (χ4n) is 3.75. The molecule has 3 aromatic rings. The van der Waals surface area contributed by atoms with Crippen LogP contribution >= 0.6 is 0 Å². The van der Waals surface area contributed by atoms with Crippen LogP contribution in [0.1, 0.15) is 25.0 Å². The maximum absolute atomic E-state index is 13.4. The van der Waals surface area contributed by atoms with Gasteiger partial charge in [-0.3, -0.25) is 4.79 Å². The molecule has 1 atom stereocenters. The molecule has 0 unspecified atom stereocenters. The molecule has 0 spiro atoms. The molecule has 1 fully saturated rings. The number of nitrogens with zero attached hydrogens (tertiary/aromatic N) is 4. The monoisotopic (exact) mass is 447 g/mol. The van der Waals surface area contributed by atoms with Gasteiger partial charge in [0.2, 0.25) is 15.9 Å². The third-order valence-electron chi connectivity index (χ3n) is 5.37. The lowest BCUT2D eigenvalue weighted by Gasteiger charge is -2.33. The number of methoxy groups -OCH3 is 1. The van der Waals surface area contributed by atoms with Crippen molar-refractivity contribution < 1.29 is 22.4 Å². The SMILES string of the molecule is COCCn1nnc2cc(S(=O)(=O)N3CCCC[C@H]3C(=O)NCc3ccco3)ccc21. The van der Waals surface area contributed by atoms with Gasteiger partial charge >= 0.3 is 0 Å². The van der Waals surface area contributed by atoms with Crippen LogP contribution in [-0.4, -0.2) is 59.9 Å². The molecule has 0 aliphatic carbocycles. The van der Waals surface area contributed by atoms with Crippen molar-refractivity contribution >= 4 is 27.0 Å². The normalized spacial score (nSPS) is 17.8. The van der Waals surface area contributed by atoms with Crippen LogP contribution in [0.5, 0.6) is 0 Å². The summed E-state index contributed by atoms with van der Waals surface area (Å²) >= 11 is 0. The summed E-state index contributed by atoms with van der Waals surface area (Å²) in [4.78, 5) is 12.9. The van der Waals surface area contributed by atoms with E-state index in [0.29, 0.717) is 43.8 Å². The number of benzene rings is 1. The molecule has 166 valence electrons. The van der Waals surface area contributed by atoms with E-state index in [1.807, 2.05) is 0 Å². The van der Waals surface area contributed by atoms with Gasteiger partial charge in [-0.1, -0.05) is 11.6 Å². The van der Waals surface area contributed by atoms with E-state index in [-0.39, 0.29) is 17.3 Å². The number of rotatable bonds is 8. The molecule has 11 heteroatoms. The lowest BCUT2D eigenvalue weighted by Crippen LogP contribution is -2.51. The van der Waals surface area contributed by atoms with Crippen LogP contribution < -0.4 is 5.32 Å². The van der Waals surface area contributed by atoms with Gasteiger partial charge in [0.05, 0.1) is 36.4 Å². The van der Waals surface area contributed by atoms with E-state index in [1.54, 1.807) is 30.0 Å². The smallest absolute Gasteiger partial charge is 0.243 e. The third-order valence-corrected chi connectivity index (χ3v) is 7.28. The summed E-state index contributed by atoms with van der Waals surface area (Å²) in [5, 5.41) is 10.9. The zero-order valence-electron chi connectivity index (χ0n) is 17.2. The van der Waals surface area contributed by atoms with Crippen molar-refractivity contribution in [1.29, 1.82) is 0 Å². The fourth-order valence-corrected chi connectivity index (χ4v) is 5.43. The lowest BCUT2D eigenvalue weighted by atomic mass is 10.0. The average Bonchev–Trinajstić information content (AvgIpc) is 3.45. The summed E-state index contributed by atoms with van der Waals surface area (Å²) in [6, 6.07) is 7.46. The number of amides is 1. The summed E-state index contributed by atoms with van der Waals surface area (Å²) in [5.74, 6) is 0.284. The van der Waals surface area contributed by atoms with Crippen LogP contribution in [0, 0.1) is 0 Å². The van der Waals surface area contributed by atoms with E-state index >= 15 is 0 Å². The summed E-state index contributed by atoms with van der Waals surface area (Å²) in [7, 11) is -2.28. The highest BCUT2D eigenvalue weighted by atomic mass is 32.2. The Balaban J connectivity index is 1.55. The number of piperidine rings is 1. The van der Waals surface area contributed by atoms with Crippen molar-refractivity contribution in [3.05, 3.63) is 42.4 Å². The van der Waals surface area contributed by atoms with E-state index in [1.165, 1.54) is 22.7 Å². The van der Waals surface area contributed by atoms with Crippen LogP contribution in [0.25, 0.3) is 11.0 Å². The Morgan fingerprint density at radius 3 is 2.97 bits per heavy atom. The average molecular weight is 448 g/mol. The molecule has 0 radical (unpaired) electrons. The minimum atomic E-state index is -3.88. The van der Waals surface area contributed by atoms with Gasteiger partial charge in [0.25, 0.3) is 0 Å². The second-order valence-electron chi connectivity index (χ2n) is 7.38. The van der Waals surface area contributed by atoms with Gasteiger partial charge in [-0.2, -0.15) is 4.31 Å². The van der Waals surface area contributed by atoms with Gasteiger partial charge in [0.15, 0.2) is 0 Å². The van der Waals surface area contributed by atoms with E-state index in [0.717, 1.165) is 11.9 Å². The number of carbonyl (C=O) groups excluding carboxylic acids is 1. The highest BCUT2D eigenvalue weighted by Crippen LogP contribution is 2.27. The fraction of sp³-hybridized carbons (Fsp3) is 0.450. The van der Waals surface area contributed by atoms with Crippen molar-refractivity contribution in [2.24, 2.45) is 0 Å². The number of carbonyl (C=O) groups is 1. The van der Waals surface area contributed by atoms with Crippen molar-refractivity contribution in [3.63, 3.8) is 0 Å². The summed E-state index contributed by atoms with van der Waals surface area (Å²) in [5.41, 5.74) is 1.20. The molecule has 1 saturated heterocycles. The predicted molar refractivity (Wildman–Crippen MR) is 111 cm³/mol. The summed E-state index contributed by atoms with van der Waals surface area (Å²) in [6.07, 6.45) is 3.49. The third kappa shape index (κ3) is 4.48. The Morgan fingerprint density at radius 2 is 2.19 bits per heavy atom. The predicted octanol–water partition coefficient (Wildman–Crippen LogP) is 1.53. The first-order valence-electron chi connectivity index (χ1n) is 10.1.